The highest BCUT2D eigenvalue weighted by atomic mass is 16.5. The van der Waals surface area contributed by atoms with E-state index in [9.17, 15) is 0 Å². The third kappa shape index (κ3) is 1.55. The van der Waals surface area contributed by atoms with Crippen molar-refractivity contribution in [3.05, 3.63) is 35.4 Å². The zero-order valence-corrected chi connectivity index (χ0v) is 8.07. The molecule has 0 aliphatic heterocycles. The third-order valence-corrected chi connectivity index (χ3v) is 2.09. The first-order valence-electron chi connectivity index (χ1n) is 4.31. The molecule has 1 N–H and O–H groups in total. The molecule has 1 aromatic heterocycles. The van der Waals surface area contributed by atoms with Gasteiger partial charge in [0, 0.05) is 5.39 Å². The fourth-order valence-corrected chi connectivity index (χ4v) is 1.33. The molecule has 0 aliphatic carbocycles. The Morgan fingerprint density at radius 1 is 1.40 bits per heavy atom. The van der Waals surface area contributed by atoms with Crippen LogP contribution in [0.5, 0.6) is 5.75 Å². The zero-order valence-electron chi connectivity index (χ0n) is 8.07. The monoisotopic (exact) mass is 200 g/mol. The lowest BCUT2D eigenvalue weighted by Gasteiger charge is -2.01. The van der Waals surface area contributed by atoms with Crippen LogP contribution in [-0.4, -0.2) is 7.11 Å². The maximum atomic E-state index is 8.74. The van der Waals surface area contributed by atoms with Crippen molar-refractivity contribution in [1.82, 2.24) is 0 Å². The van der Waals surface area contributed by atoms with Gasteiger partial charge >= 0.3 is 0 Å². The standard InChI is InChI=1S/C11H8N2O2/c1-14-9-2-3-10-7(5-9)4-8(6-12)11(13)15-10/h2-5,13H,1H3. The number of hydrogen-bond donors (Lipinski definition) is 1. The highest BCUT2D eigenvalue weighted by molar-refractivity contribution is 5.79. The van der Waals surface area contributed by atoms with E-state index in [0.717, 1.165) is 5.39 Å². The van der Waals surface area contributed by atoms with Crippen molar-refractivity contribution in [2.45, 2.75) is 0 Å². The van der Waals surface area contributed by atoms with Crippen LogP contribution in [0.3, 0.4) is 0 Å². The van der Waals surface area contributed by atoms with Gasteiger partial charge in [-0.2, -0.15) is 5.26 Å². The lowest BCUT2D eigenvalue weighted by atomic mass is 10.2. The van der Waals surface area contributed by atoms with Gasteiger partial charge in [-0.05, 0) is 24.3 Å². The fourth-order valence-electron chi connectivity index (χ4n) is 1.33. The smallest absolute Gasteiger partial charge is 0.229 e. The highest BCUT2D eigenvalue weighted by Gasteiger charge is 2.02. The van der Waals surface area contributed by atoms with Crippen LogP contribution in [0.2, 0.25) is 0 Å². The summed E-state index contributed by atoms with van der Waals surface area (Å²) in [6.07, 6.45) is 0. The largest absolute Gasteiger partial charge is 0.497 e. The van der Waals surface area contributed by atoms with E-state index in [2.05, 4.69) is 0 Å². The summed E-state index contributed by atoms with van der Waals surface area (Å²) in [6, 6.07) is 8.74. The summed E-state index contributed by atoms with van der Waals surface area (Å²) < 4.78 is 10.2. The molecule has 0 radical (unpaired) electrons. The van der Waals surface area contributed by atoms with Gasteiger partial charge in [0.05, 0.1) is 7.11 Å². The van der Waals surface area contributed by atoms with Crippen LogP contribution < -0.4 is 10.3 Å². The Morgan fingerprint density at radius 2 is 2.20 bits per heavy atom. The number of nitrogens with one attached hydrogen (secondary N) is 1. The number of benzene rings is 1. The zero-order chi connectivity index (χ0) is 10.8. The number of fused-ring (bicyclic) bond motifs is 1. The first kappa shape index (κ1) is 9.28. The Labute approximate surface area is 85.8 Å². The van der Waals surface area contributed by atoms with Gasteiger partial charge in [-0.3, -0.25) is 5.41 Å². The molecule has 0 aliphatic rings. The number of nitrogens with zero attached hydrogens (tertiary/aromatic N) is 1. The minimum absolute atomic E-state index is 0.116. The van der Waals surface area contributed by atoms with Crippen molar-refractivity contribution in [3.8, 4) is 11.8 Å². The molecular formula is C11H8N2O2. The Kier molecular flexibility index (Phi) is 2.14. The maximum absolute atomic E-state index is 8.74. The van der Waals surface area contributed by atoms with Crippen LogP contribution >= 0.6 is 0 Å². The molecule has 1 heterocycles. The van der Waals surface area contributed by atoms with Crippen LogP contribution in [0.1, 0.15) is 5.56 Å². The summed E-state index contributed by atoms with van der Waals surface area (Å²) in [6.45, 7) is 0. The van der Waals surface area contributed by atoms with E-state index in [0.29, 0.717) is 11.3 Å². The molecule has 74 valence electrons. The minimum Gasteiger partial charge on any atom is -0.497 e. The van der Waals surface area contributed by atoms with Crippen molar-refractivity contribution in [2.24, 2.45) is 0 Å². The first-order chi connectivity index (χ1) is 7.24. The Hall–Kier alpha value is -2.28. The molecule has 0 fully saturated rings. The summed E-state index contributed by atoms with van der Waals surface area (Å²) in [5.74, 6) is 0.694. The number of hydrogen-bond acceptors (Lipinski definition) is 4. The fraction of sp³-hybridized carbons (Fsp3) is 0.0909. The quantitative estimate of drug-likeness (QED) is 0.762. The van der Waals surface area contributed by atoms with Gasteiger partial charge in [0.15, 0.2) is 0 Å². The van der Waals surface area contributed by atoms with E-state index in [1.54, 1.807) is 31.4 Å². The van der Waals surface area contributed by atoms with Crippen molar-refractivity contribution in [2.75, 3.05) is 7.11 Å². The molecular weight excluding hydrogens is 192 g/mol. The first-order valence-corrected chi connectivity index (χ1v) is 4.31. The molecule has 0 atom stereocenters. The van der Waals surface area contributed by atoms with Crippen LogP contribution in [0.15, 0.2) is 28.7 Å². The van der Waals surface area contributed by atoms with Gasteiger partial charge in [-0.25, -0.2) is 0 Å². The topological polar surface area (TPSA) is 70.0 Å². The van der Waals surface area contributed by atoms with Crippen molar-refractivity contribution >= 4 is 11.0 Å². The lowest BCUT2D eigenvalue weighted by Crippen LogP contribution is -2.03. The summed E-state index contributed by atoms with van der Waals surface area (Å²) in [4.78, 5) is 0. The molecule has 2 rings (SSSR count). The van der Waals surface area contributed by atoms with E-state index in [1.165, 1.54) is 0 Å². The van der Waals surface area contributed by atoms with E-state index in [1.807, 2.05) is 6.07 Å². The van der Waals surface area contributed by atoms with Gasteiger partial charge in [0.2, 0.25) is 5.55 Å². The molecule has 0 bridgehead atoms. The number of methoxy groups -OCH3 is 1. The van der Waals surface area contributed by atoms with E-state index >= 15 is 0 Å². The average molecular weight is 200 g/mol. The molecule has 0 saturated heterocycles. The predicted octanol–water partition coefficient (Wildman–Crippen LogP) is 1.79. The van der Waals surface area contributed by atoms with Gasteiger partial charge in [0.25, 0.3) is 0 Å². The molecule has 2 aromatic rings. The average Bonchev–Trinajstić information content (AvgIpc) is 2.27. The molecule has 0 amide bonds. The Morgan fingerprint density at radius 3 is 2.87 bits per heavy atom. The van der Waals surface area contributed by atoms with Crippen LogP contribution in [0.4, 0.5) is 0 Å². The summed E-state index contributed by atoms with van der Waals surface area (Å²) in [5, 5.41) is 16.9. The summed E-state index contributed by atoms with van der Waals surface area (Å²) >= 11 is 0. The van der Waals surface area contributed by atoms with Crippen molar-refractivity contribution in [1.29, 1.82) is 10.7 Å². The second-order valence-corrected chi connectivity index (χ2v) is 3.00. The van der Waals surface area contributed by atoms with E-state index in [-0.39, 0.29) is 11.1 Å². The molecule has 0 unspecified atom stereocenters. The summed E-state index contributed by atoms with van der Waals surface area (Å²) in [7, 11) is 1.57. The van der Waals surface area contributed by atoms with Crippen LogP contribution in [-0.2, 0) is 0 Å². The van der Waals surface area contributed by atoms with E-state index in [4.69, 9.17) is 19.8 Å². The number of rotatable bonds is 1. The molecule has 4 heteroatoms. The predicted molar refractivity (Wildman–Crippen MR) is 53.3 cm³/mol. The SMILES string of the molecule is COc1ccc2oc(=N)c(C#N)cc2c1. The minimum atomic E-state index is -0.116. The van der Waals surface area contributed by atoms with Gasteiger partial charge in [-0.1, -0.05) is 0 Å². The summed E-state index contributed by atoms with van der Waals surface area (Å²) in [5.41, 5.74) is 0.672. The highest BCUT2D eigenvalue weighted by Crippen LogP contribution is 2.19. The third-order valence-electron chi connectivity index (χ3n) is 2.09. The van der Waals surface area contributed by atoms with Gasteiger partial charge in [0.1, 0.15) is 23.0 Å². The Balaban J connectivity index is 2.78. The normalized spacial score (nSPS) is 9.87. The number of ether oxygens (including phenoxy) is 1. The van der Waals surface area contributed by atoms with Gasteiger partial charge < -0.3 is 9.15 Å². The van der Waals surface area contributed by atoms with Crippen LogP contribution in [0, 0.1) is 16.7 Å². The number of nitriles is 1. The van der Waals surface area contributed by atoms with Crippen LogP contribution in [0.25, 0.3) is 11.0 Å². The second-order valence-electron chi connectivity index (χ2n) is 3.00. The Bertz CT molecular complexity index is 608. The van der Waals surface area contributed by atoms with E-state index < -0.39 is 0 Å². The van der Waals surface area contributed by atoms with Gasteiger partial charge in [-0.15, -0.1) is 0 Å². The maximum Gasteiger partial charge on any atom is 0.229 e. The molecule has 15 heavy (non-hydrogen) atoms. The lowest BCUT2D eigenvalue weighted by molar-refractivity contribution is 0.415. The molecule has 0 saturated carbocycles. The molecule has 1 aromatic carbocycles. The molecule has 0 spiro atoms. The molecule has 4 nitrogen and oxygen atoms in total. The second kappa shape index (κ2) is 3.46. The van der Waals surface area contributed by atoms with Crippen molar-refractivity contribution in [3.63, 3.8) is 0 Å². The van der Waals surface area contributed by atoms with Crippen molar-refractivity contribution < 1.29 is 9.15 Å².